The van der Waals surface area contributed by atoms with Crippen LogP contribution in [0.15, 0.2) is 0 Å². The molecule has 0 saturated carbocycles. The fourth-order valence-electron chi connectivity index (χ4n) is 0.161. The molecule has 1 rings (SSSR count). The highest BCUT2D eigenvalue weighted by Crippen LogP contribution is 2.61. The smallest absolute Gasteiger partial charge is 0.267 e. The summed E-state index contributed by atoms with van der Waals surface area (Å²) in [5, 5.41) is 0. The Bertz CT molecular complexity index is 89.1. The third-order valence-electron chi connectivity index (χ3n) is 0.632. The highest BCUT2D eigenvalue weighted by atomic mass is 35.5. The van der Waals surface area contributed by atoms with Gasteiger partial charge in [0.05, 0.1) is 0 Å². The van der Waals surface area contributed by atoms with Crippen molar-refractivity contribution in [3.05, 3.63) is 0 Å². The van der Waals surface area contributed by atoms with E-state index in [0.717, 1.165) is 0 Å². The zero-order valence-corrected chi connectivity index (χ0v) is 6.54. The SMILES string of the molecule is PC1(Cl)OC1(Cl)Cl. The van der Waals surface area contributed by atoms with Crippen molar-refractivity contribution >= 4 is 44.0 Å². The van der Waals surface area contributed by atoms with Crippen LogP contribution in [0.25, 0.3) is 0 Å². The van der Waals surface area contributed by atoms with Crippen molar-refractivity contribution < 1.29 is 4.74 Å². The molecular formula is C2H2Cl3OP. The van der Waals surface area contributed by atoms with Crippen molar-refractivity contribution in [1.82, 2.24) is 0 Å². The lowest BCUT2D eigenvalue weighted by Crippen LogP contribution is -1.95. The van der Waals surface area contributed by atoms with Crippen LogP contribution >= 0.6 is 44.0 Å². The van der Waals surface area contributed by atoms with Crippen LogP contribution < -0.4 is 0 Å². The van der Waals surface area contributed by atoms with Crippen molar-refractivity contribution in [2.75, 3.05) is 0 Å². The van der Waals surface area contributed by atoms with Crippen molar-refractivity contribution in [3.63, 3.8) is 0 Å². The lowest BCUT2D eigenvalue weighted by molar-refractivity contribution is 0.411. The monoisotopic (exact) mass is 178 g/mol. The molecule has 7 heavy (non-hydrogen) atoms. The van der Waals surface area contributed by atoms with Gasteiger partial charge in [-0.15, -0.1) is 0 Å². The first kappa shape index (κ1) is 6.38. The van der Waals surface area contributed by atoms with Gasteiger partial charge in [-0.3, -0.25) is 0 Å². The number of halogens is 3. The Labute approximate surface area is 58.5 Å². The van der Waals surface area contributed by atoms with E-state index in [2.05, 4.69) is 14.0 Å². The van der Waals surface area contributed by atoms with E-state index >= 15 is 0 Å². The standard InChI is InChI=1S/C2H2Cl3OP/c3-1(4)2(5,7)6-1/h7H2. The maximum absolute atomic E-state index is 5.41. The predicted molar refractivity (Wildman–Crippen MR) is 33.8 cm³/mol. The van der Waals surface area contributed by atoms with Crippen molar-refractivity contribution in [2.45, 2.75) is 9.32 Å². The van der Waals surface area contributed by atoms with Crippen LogP contribution in [-0.4, -0.2) is 9.32 Å². The quantitative estimate of drug-likeness (QED) is 0.314. The summed E-state index contributed by atoms with van der Waals surface area (Å²) in [6.45, 7) is 0. The van der Waals surface area contributed by atoms with Gasteiger partial charge in [0.1, 0.15) is 0 Å². The zero-order chi connectivity index (χ0) is 5.71. The van der Waals surface area contributed by atoms with Crippen LogP contribution in [0.1, 0.15) is 0 Å². The van der Waals surface area contributed by atoms with E-state index in [0.29, 0.717) is 0 Å². The summed E-state index contributed by atoms with van der Waals surface area (Å²) in [7, 11) is 2.18. The molecule has 0 aromatic rings. The first-order valence-electron chi connectivity index (χ1n) is 1.51. The van der Waals surface area contributed by atoms with Crippen LogP contribution in [0.3, 0.4) is 0 Å². The van der Waals surface area contributed by atoms with E-state index in [4.69, 9.17) is 34.8 Å². The molecule has 5 heteroatoms. The maximum atomic E-state index is 5.41. The third kappa shape index (κ3) is 0.988. The topological polar surface area (TPSA) is 12.5 Å². The molecule has 2 unspecified atom stereocenters. The van der Waals surface area contributed by atoms with E-state index in [9.17, 15) is 0 Å². The van der Waals surface area contributed by atoms with Crippen LogP contribution in [0.5, 0.6) is 0 Å². The minimum atomic E-state index is -1.18. The Morgan fingerprint density at radius 1 is 1.29 bits per heavy atom. The van der Waals surface area contributed by atoms with Crippen molar-refractivity contribution in [1.29, 1.82) is 0 Å². The Balaban J connectivity index is 2.59. The summed E-state index contributed by atoms with van der Waals surface area (Å²) in [5.41, 5.74) is 0. The maximum Gasteiger partial charge on any atom is 0.267 e. The third-order valence-corrected chi connectivity index (χ3v) is 2.77. The number of epoxide rings is 1. The lowest BCUT2D eigenvalue weighted by Gasteiger charge is -1.87. The molecule has 0 aromatic carbocycles. The first-order valence-corrected chi connectivity index (χ1v) is 3.23. The molecule has 1 aliphatic heterocycles. The molecule has 1 fully saturated rings. The molecule has 42 valence electrons. The van der Waals surface area contributed by atoms with Gasteiger partial charge in [0.25, 0.3) is 4.52 Å². The molecule has 0 amide bonds. The van der Waals surface area contributed by atoms with E-state index in [1.807, 2.05) is 0 Å². The average Bonchev–Trinajstić information content (AvgIpc) is 1.63. The molecule has 2 atom stereocenters. The average molecular weight is 179 g/mol. The predicted octanol–water partition coefficient (Wildman–Crippen LogP) is 1.92. The second-order valence-corrected chi connectivity index (χ2v) is 4.26. The van der Waals surface area contributed by atoms with Gasteiger partial charge in [0, 0.05) is 0 Å². The second kappa shape index (κ2) is 1.40. The molecule has 1 saturated heterocycles. The Hall–Kier alpha value is 1.26. The summed E-state index contributed by atoms with van der Waals surface area (Å²) < 4.78 is 3.37. The van der Waals surface area contributed by atoms with Crippen LogP contribution in [0, 0.1) is 0 Å². The summed E-state index contributed by atoms with van der Waals surface area (Å²) >= 11 is 16.1. The van der Waals surface area contributed by atoms with Crippen LogP contribution in [0.2, 0.25) is 0 Å². The minimum absolute atomic E-state index is 0.934. The molecule has 1 heterocycles. The molecule has 0 bridgehead atoms. The molecular weight excluding hydrogens is 177 g/mol. The Kier molecular flexibility index (Phi) is 1.28. The number of rotatable bonds is 0. The fourth-order valence-corrected chi connectivity index (χ4v) is 0.925. The van der Waals surface area contributed by atoms with Gasteiger partial charge in [-0.2, -0.15) is 0 Å². The van der Waals surface area contributed by atoms with Gasteiger partial charge in [-0.1, -0.05) is 44.0 Å². The number of ether oxygens (including phenoxy) is 1. The highest BCUT2D eigenvalue weighted by Gasteiger charge is 2.65. The van der Waals surface area contributed by atoms with Crippen molar-refractivity contribution in [3.8, 4) is 0 Å². The van der Waals surface area contributed by atoms with Gasteiger partial charge >= 0.3 is 0 Å². The number of hydrogen-bond donors (Lipinski definition) is 0. The van der Waals surface area contributed by atoms with Crippen LogP contribution in [0.4, 0.5) is 0 Å². The second-order valence-electron chi connectivity index (χ2n) is 1.26. The molecule has 1 nitrogen and oxygen atoms in total. The summed E-state index contributed by atoms with van der Waals surface area (Å²) in [5.74, 6) is 0. The van der Waals surface area contributed by atoms with Crippen LogP contribution in [-0.2, 0) is 4.74 Å². The molecule has 0 aromatic heterocycles. The molecule has 1 aliphatic rings. The summed E-state index contributed by atoms with van der Waals surface area (Å²) in [6, 6.07) is 0. The Morgan fingerprint density at radius 2 is 1.43 bits per heavy atom. The van der Waals surface area contributed by atoms with E-state index in [-0.39, 0.29) is 0 Å². The Morgan fingerprint density at radius 3 is 1.43 bits per heavy atom. The van der Waals surface area contributed by atoms with Crippen molar-refractivity contribution in [2.24, 2.45) is 0 Å². The first-order chi connectivity index (χ1) is 2.96. The zero-order valence-electron chi connectivity index (χ0n) is 3.12. The number of alkyl halides is 3. The largest absolute Gasteiger partial charge is 0.311 e. The van der Waals surface area contributed by atoms with E-state index in [1.165, 1.54) is 0 Å². The minimum Gasteiger partial charge on any atom is -0.311 e. The summed E-state index contributed by atoms with van der Waals surface area (Å²) in [6.07, 6.45) is 0. The number of hydrogen-bond acceptors (Lipinski definition) is 1. The van der Waals surface area contributed by atoms with Gasteiger partial charge in [-0.25, -0.2) is 0 Å². The van der Waals surface area contributed by atoms with E-state index < -0.39 is 9.32 Å². The normalized spacial score (nSPS) is 46.3. The van der Waals surface area contributed by atoms with Gasteiger partial charge in [-0.05, 0) is 0 Å². The van der Waals surface area contributed by atoms with Gasteiger partial charge in [0.2, 0.25) is 4.80 Å². The molecule has 0 N–H and O–H groups in total. The summed E-state index contributed by atoms with van der Waals surface area (Å²) in [4.78, 5) is -0.934. The lowest BCUT2D eigenvalue weighted by atomic mass is 10.9. The highest BCUT2D eigenvalue weighted by molar-refractivity contribution is 7.24. The fraction of sp³-hybridized carbons (Fsp3) is 1.00. The van der Waals surface area contributed by atoms with Gasteiger partial charge in [0.15, 0.2) is 0 Å². The van der Waals surface area contributed by atoms with Gasteiger partial charge < -0.3 is 4.74 Å². The molecule has 0 radical (unpaired) electrons. The van der Waals surface area contributed by atoms with E-state index in [1.54, 1.807) is 0 Å². The molecule has 0 spiro atoms. The molecule has 0 aliphatic carbocycles.